The number of sulfonamides is 1. The Kier molecular flexibility index (Phi) is 3.66. The molecule has 0 bridgehead atoms. The number of benzene rings is 2. The Morgan fingerprint density at radius 1 is 0.952 bits per heavy atom. The third kappa shape index (κ3) is 2.77. The zero-order chi connectivity index (χ0) is 14.9. The van der Waals surface area contributed by atoms with Gasteiger partial charge in [-0.05, 0) is 17.4 Å². The van der Waals surface area contributed by atoms with Gasteiger partial charge >= 0.3 is 0 Å². The first-order valence-corrected chi connectivity index (χ1v) is 8.41. The molecule has 4 heteroatoms. The number of allylic oxidation sites excluding steroid dienone is 2. The van der Waals surface area contributed by atoms with E-state index in [4.69, 9.17) is 0 Å². The second-order valence-corrected chi connectivity index (χ2v) is 6.94. The number of fused-ring (bicyclic) bond motifs is 1. The summed E-state index contributed by atoms with van der Waals surface area (Å²) in [5, 5.41) is 1.67. The van der Waals surface area contributed by atoms with Crippen LogP contribution in [0.1, 0.15) is 6.92 Å². The van der Waals surface area contributed by atoms with E-state index in [2.05, 4.69) is 4.72 Å². The average Bonchev–Trinajstić information content (AvgIpc) is 2.49. The van der Waals surface area contributed by atoms with Gasteiger partial charge in [-0.1, -0.05) is 67.6 Å². The lowest BCUT2D eigenvalue weighted by Crippen LogP contribution is -2.38. The number of hydrogen-bond acceptors (Lipinski definition) is 2. The first kappa shape index (κ1) is 14.0. The van der Waals surface area contributed by atoms with Crippen molar-refractivity contribution in [2.45, 2.75) is 17.9 Å². The molecule has 3 rings (SSSR count). The van der Waals surface area contributed by atoms with Gasteiger partial charge in [-0.3, -0.25) is 0 Å². The van der Waals surface area contributed by atoms with Crippen molar-refractivity contribution in [3.63, 3.8) is 0 Å². The molecule has 2 aromatic rings. The molecule has 1 aliphatic carbocycles. The smallest absolute Gasteiger partial charge is 0.207 e. The van der Waals surface area contributed by atoms with Gasteiger partial charge in [-0.15, -0.1) is 0 Å². The summed E-state index contributed by atoms with van der Waals surface area (Å²) in [6, 6.07) is 12.6. The van der Waals surface area contributed by atoms with Gasteiger partial charge in [0.05, 0.1) is 4.90 Å². The highest BCUT2D eigenvalue weighted by Crippen LogP contribution is 2.24. The van der Waals surface area contributed by atoms with Crippen molar-refractivity contribution in [2.24, 2.45) is 5.92 Å². The molecule has 0 aliphatic heterocycles. The Morgan fingerprint density at radius 2 is 1.67 bits per heavy atom. The zero-order valence-corrected chi connectivity index (χ0v) is 12.5. The monoisotopic (exact) mass is 299 g/mol. The van der Waals surface area contributed by atoms with Crippen LogP contribution in [0.4, 0.5) is 0 Å². The lowest BCUT2D eigenvalue weighted by molar-refractivity contribution is 0.535. The number of nitrogens with one attached hydrogen (secondary N) is 1. The van der Waals surface area contributed by atoms with Gasteiger partial charge in [0, 0.05) is 11.4 Å². The summed E-state index contributed by atoms with van der Waals surface area (Å²) in [4.78, 5) is 0.329. The van der Waals surface area contributed by atoms with Gasteiger partial charge in [0.25, 0.3) is 0 Å². The molecule has 2 atom stereocenters. The lowest BCUT2D eigenvalue weighted by Gasteiger charge is -2.22. The Bertz CT molecular complexity index is 816. The molecular weight excluding hydrogens is 282 g/mol. The quantitative estimate of drug-likeness (QED) is 0.945. The Hall–Kier alpha value is -1.91. The summed E-state index contributed by atoms with van der Waals surface area (Å²) in [5.41, 5.74) is 0. The Balaban J connectivity index is 2.01. The molecule has 0 aromatic heterocycles. The molecule has 108 valence electrons. The first-order valence-electron chi connectivity index (χ1n) is 6.93. The van der Waals surface area contributed by atoms with Crippen molar-refractivity contribution < 1.29 is 8.42 Å². The predicted molar refractivity (Wildman–Crippen MR) is 85.5 cm³/mol. The average molecular weight is 299 g/mol. The minimum absolute atomic E-state index is 0.139. The van der Waals surface area contributed by atoms with E-state index >= 15 is 0 Å². The van der Waals surface area contributed by atoms with Crippen LogP contribution in [0.5, 0.6) is 0 Å². The molecule has 0 saturated carbocycles. The van der Waals surface area contributed by atoms with Crippen molar-refractivity contribution >= 4 is 20.8 Å². The molecule has 1 aliphatic rings. The second kappa shape index (κ2) is 5.47. The molecule has 3 nitrogen and oxygen atoms in total. The van der Waals surface area contributed by atoms with Crippen molar-refractivity contribution in [1.82, 2.24) is 4.72 Å². The zero-order valence-electron chi connectivity index (χ0n) is 11.7. The summed E-state index contributed by atoms with van der Waals surface area (Å²) < 4.78 is 28.2. The summed E-state index contributed by atoms with van der Waals surface area (Å²) in [6.45, 7) is 2.00. The van der Waals surface area contributed by atoms with Gasteiger partial charge in [-0.2, -0.15) is 0 Å². The largest absolute Gasteiger partial charge is 0.241 e. The van der Waals surface area contributed by atoms with Crippen LogP contribution >= 0.6 is 0 Å². The van der Waals surface area contributed by atoms with Gasteiger partial charge in [0.2, 0.25) is 10.0 Å². The summed E-state index contributed by atoms with van der Waals surface area (Å²) >= 11 is 0. The van der Waals surface area contributed by atoms with Crippen molar-refractivity contribution in [2.75, 3.05) is 0 Å². The van der Waals surface area contributed by atoms with Crippen LogP contribution in [-0.4, -0.2) is 14.5 Å². The molecule has 0 radical (unpaired) electrons. The van der Waals surface area contributed by atoms with Crippen molar-refractivity contribution in [3.05, 3.63) is 66.8 Å². The SMILES string of the molecule is CC1C=CC=CC1NS(=O)(=O)c1cccc2ccccc12. The molecule has 1 N–H and O–H groups in total. The minimum Gasteiger partial charge on any atom is -0.207 e. The van der Waals surface area contributed by atoms with Gasteiger partial charge < -0.3 is 0 Å². The van der Waals surface area contributed by atoms with E-state index in [-0.39, 0.29) is 12.0 Å². The number of rotatable bonds is 3. The molecule has 0 spiro atoms. The fourth-order valence-electron chi connectivity index (χ4n) is 2.54. The van der Waals surface area contributed by atoms with Crippen LogP contribution in [0.25, 0.3) is 10.8 Å². The maximum Gasteiger partial charge on any atom is 0.241 e. The highest BCUT2D eigenvalue weighted by molar-refractivity contribution is 7.89. The fourth-order valence-corrected chi connectivity index (χ4v) is 4.05. The summed E-state index contributed by atoms with van der Waals surface area (Å²) in [6.07, 6.45) is 7.69. The topological polar surface area (TPSA) is 46.2 Å². The highest BCUT2D eigenvalue weighted by atomic mass is 32.2. The molecule has 2 aromatic carbocycles. The Morgan fingerprint density at radius 3 is 2.48 bits per heavy atom. The molecular formula is C17H17NO2S. The van der Waals surface area contributed by atoms with E-state index in [9.17, 15) is 8.42 Å². The lowest BCUT2D eigenvalue weighted by atomic mass is 9.98. The van der Waals surface area contributed by atoms with Crippen molar-refractivity contribution in [1.29, 1.82) is 0 Å². The standard InChI is InChI=1S/C17H17NO2S/c1-13-7-2-5-11-16(13)18-21(19,20)17-12-6-9-14-8-3-4-10-15(14)17/h2-13,16,18H,1H3. The van der Waals surface area contributed by atoms with Gasteiger partial charge in [0.15, 0.2) is 0 Å². The molecule has 0 saturated heterocycles. The van der Waals surface area contributed by atoms with E-state index < -0.39 is 10.0 Å². The molecule has 0 heterocycles. The van der Waals surface area contributed by atoms with Crippen molar-refractivity contribution in [3.8, 4) is 0 Å². The first-order chi connectivity index (χ1) is 10.1. The van der Waals surface area contributed by atoms with E-state index in [1.165, 1.54) is 0 Å². The van der Waals surface area contributed by atoms with E-state index in [1.807, 2.05) is 61.6 Å². The highest BCUT2D eigenvalue weighted by Gasteiger charge is 2.23. The van der Waals surface area contributed by atoms with Crippen LogP contribution in [-0.2, 0) is 10.0 Å². The third-order valence-electron chi connectivity index (χ3n) is 3.74. The van der Waals surface area contributed by atoms with Crippen LogP contribution in [0, 0.1) is 5.92 Å². The van der Waals surface area contributed by atoms with E-state index in [0.29, 0.717) is 4.90 Å². The molecule has 0 fully saturated rings. The van der Waals surface area contributed by atoms with Crippen LogP contribution in [0.2, 0.25) is 0 Å². The number of hydrogen-bond donors (Lipinski definition) is 1. The Labute approximate surface area is 125 Å². The molecule has 21 heavy (non-hydrogen) atoms. The predicted octanol–water partition coefficient (Wildman–Crippen LogP) is 3.25. The van der Waals surface area contributed by atoms with Gasteiger partial charge in [0.1, 0.15) is 0 Å². The van der Waals surface area contributed by atoms with Crippen LogP contribution in [0.15, 0.2) is 71.7 Å². The maximum atomic E-state index is 12.7. The maximum absolute atomic E-state index is 12.7. The summed E-state index contributed by atoms with van der Waals surface area (Å²) in [5.74, 6) is 0.139. The summed E-state index contributed by atoms with van der Waals surface area (Å²) in [7, 11) is -3.55. The normalized spacial score (nSPS) is 21.8. The van der Waals surface area contributed by atoms with Gasteiger partial charge in [-0.25, -0.2) is 13.1 Å². The van der Waals surface area contributed by atoms with E-state index in [0.717, 1.165) is 10.8 Å². The third-order valence-corrected chi connectivity index (χ3v) is 5.26. The fraction of sp³-hybridized carbons (Fsp3) is 0.176. The van der Waals surface area contributed by atoms with E-state index in [1.54, 1.807) is 12.1 Å². The van der Waals surface area contributed by atoms with Crippen LogP contribution in [0.3, 0.4) is 0 Å². The molecule has 0 amide bonds. The minimum atomic E-state index is -3.55. The molecule has 2 unspecified atom stereocenters. The second-order valence-electron chi connectivity index (χ2n) is 5.25. The van der Waals surface area contributed by atoms with Crippen LogP contribution < -0.4 is 4.72 Å².